The van der Waals surface area contributed by atoms with Crippen LogP contribution >= 0.6 is 23.1 Å². The van der Waals surface area contributed by atoms with Gasteiger partial charge in [0.2, 0.25) is 0 Å². The fourth-order valence-corrected chi connectivity index (χ4v) is 5.22. The molecule has 2 aromatic carbocycles. The minimum atomic E-state index is 0.849. The van der Waals surface area contributed by atoms with Crippen molar-refractivity contribution in [2.75, 3.05) is 0 Å². The molecule has 0 radical (unpaired) electrons. The van der Waals surface area contributed by atoms with Crippen molar-refractivity contribution in [3.8, 4) is 22.5 Å². The van der Waals surface area contributed by atoms with E-state index in [1.807, 2.05) is 0 Å². The highest BCUT2D eigenvalue weighted by Crippen LogP contribution is 2.39. The Morgan fingerprint density at radius 3 is 2.57 bits per heavy atom. The number of benzene rings is 2. The van der Waals surface area contributed by atoms with E-state index in [1.54, 1.807) is 23.1 Å². The average Bonchev–Trinajstić information content (AvgIpc) is 3.29. The number of hydrogen-bond donors (Lipinski definition) is 0. The zero-order valence-corrected chi connectivity index (χ0v) is 18.0. The molecule has 0 aliphatic rings. The van der Waals surface area contributed by atoms with Crippen LogP contribution in [0.4, 0.5) is 0 Å². The van der Waals surface area contributed by atoms with E-state index in [1.165, 1.54) is 32.7 Å². The molecule has 0 unspecified atom stereocenters. The molecule has 0 aliphatic heterocycles. The predicted molar refractivity (Wildman–Crippen MR) is 120 cm³/mol. The van der Waals surface area contributed by atoms with Gasteiger partial charge in [-0.15, -0.1) is 21.5 Å². The van der Waals surface area contributed by atoms with Crippen molar-refractivity contribution in [2.24, 2.45) is 0 Å². The number of hydrogen-bond acceptors (Lipinski definition) is 4. The molecule has 0 N–H and O–H groups in total. The summed E-state index contributed by atoms with van der Waals surface area (Å²) < 4.78 is 2.23. The summed E-state index contributed by atoms with van der Waals surface area (Å²) in [5.41, 5.74) is 6.27. The van der Waals surface area contributed by atoms with Crippen molar-refractivity contribution in [1.82, 2.24) is 14.8 Å². The Labute approximate surface area is 174 Å². The average molecular weight is 406 g/mol. The lowest BCUT2D eigenvalue weighted by atomic mass is 10.0. The first-order valence-corrected chi connectivity index (χ1v) is 11.3. The van der Waals surface area contributed by atoms with Gasteiger partial charge in [-0.1, -0.05) is 71.9 Å². The summed E-state index contributed by atoms with van der Waals surface area (Å²) in [5, 5.41) is 12.3. The molecule has 2 heterocycles. The molecule has 0 bridgehead atoms. The predicted octanol–water partition coefficient (Wildman–Crippen LogP) is 6.60. The first kappa shape index (κ1) is 19.0. The number of aromatic nitrogens is 3. The lowest BCUT2D eigenvalue weighted by Gasteiger charge is -2.09. The van der Waals surface area contributed by atoms with Crippen LogP contribution in [0.5, 0.6) is 0 Å². The molecular weight excluding hydrogens is 382 g/mol. The van der Waals surface area contributed by atoms with Crippen LogP contribution in [0.1, 0.15) is 22.9 Å². The standard InChI is InChI=1S/C23H23N3S2/c1-4-26-22(20-15-27-17(3)21(20)19-11-6-5-7-12-19)24-25-23(26)28-14-18-10-8-9-16(2)13-18/h5-13,15H,4,14H2,1-3H3. The molecule has 4 aromatic rings. The lowest BCUT2D eigenvalue weighted by Crippen LogP contribution is -2.00. The number of thiophene rings is 1. The molecule has 0 fully saturated rings. The van der Waals surface area contributed by atoms with Crippen molar-refractivity contribution in [3.05, 3.63) is 76.0 Å². The van der Waals surface area contributed by atoms with Gasteiger partial charge in [0, 0.05) is 33.7 Å². The monoisotopic (exact) mass is 405 g/mol. The molecule has 0 spiro atoms. The highest BCUT2D eigenvalue weighted by atomic mass is 32.2. The summed E-state index contributed by atoms with van der Waals surface area (Å²) >= 11 is 3.52. The van der Waals surface area contributed by atoms with E-state index < -0.39 is 0 Å². The third kappa shape index (κ3) is 3.77. The van der Waals surface area contributed by atoms with E-state index in [-0.39, 0.29) is 0 Å². The Morgan fingerprint density at radius 1 is 1.00 bits per heavy atom. The Bertz CT molecular complexity index is 1080. The number of thioether (sulfide) groups is 1. The molecule has 3 nitrogen and oxygen atoms in total. The maximum Gasteiger partial charge on any atom is 0.191 e. The topological polar surface area (TPSA) is 30.7 Å². The van der Waals surface area contributed by atoms with Crippen LogP contribution in [0.3, 0.4) is 0 Å². The van der Waals surface area contributed by atoms with Gasteiger partial charge in [-0.25, -0.2) is 0 Å². The third-order valence-corrected chi connectivity index (χ3v) is 6.71. The van der Waals surface area contributed by atoms with Gasteiger partial charge < -0.3 is 4.57 Å². The van der Waals surface area contributed by atoms with Gasteiger partial charge in [0.1, 0.15) is 0 Å². The molecule has 4 rings (SSSR count). The first-order chi connectivity index (χ1) is 13.7. The van der Waals surface area contributed by atoms with Gasteiger partial charge in [0.25, 0.3) is 0 Å². The highest BCUT2D eigenvalue weighted by molar-refractivity contribution is 7.98. The third-order valence-electron chi connectivity index (χ3n) is 4.76. The number of rotatable bonds is 6. The second-order valence-electron chi connectivity index (χ2n) is 6.77. The number of aryl methyl sites for hydroxylation is 2. The lowest BCUT2D eigenvalue weighted by molar-refractivity contribution is 0.687. The molecule has 5 heteroatoms. The van der Waals surface area contributed by atoms with Gasteiger partial charge in [-0.05, 0) is 31.9 Å². The van der Waals surface area contributed by atoms with Crippen LogP contribution in [0.2, 0.25) is 0 Å². The van der Waals surface area contributed by atoms with E-state index in [9.17, 15) is 0 Å². The van der Waals surface area contributed by atoms with Gasteiger partial charge in [0.05, 0.1) is 0 Å². The fraction of sp³-hybridized carbons (Fsp3) is 0.217. The second kappa shape index (κ2) is 8.33. The van der Waals surface area contributed by atoms with E-state index in [0.717, 1.165) is 23.3 Å². The van der Waals surface area contributed by atoms with Crippen LogP contribution in [-0.2, 0) is 12.3 Å². The van der Waals surface area contributed by atoms with Gasteiger partial charge >= 0.3 is 0 Å². The van der Waals surface area contributed by atoms with E-state index >= 15 is 0 Å². The molecule has 142 valence electrons. The van der Waals surface area contributed by atoms with Gasteiger partial charge in [-0.2, -0.15) is 0 Å². The van der Waals surface area contributed by atoms with Crippen LogP contribution in [0.25, 0.3) is 22.5 Å². The second-order valence-corrected chi connectivity index (χ2v) is 8.80. The fourth-order valence-electron chi connectivity index (χ4n) is 3.41. The zero-order chi connectivity index (χ0) is 19.5. The normalized spacial score (nSPS) is 11.1. The van der Waals surface area contributed by atoms with E-state index in [0.29, 0.717) is 0 Å². The number of nitrogens with zero attached hydrogens (tertiary/aromatic N) is 3. The minimum absolute atomic E-state index is 0.849. The van der Waals surface area contributed by atoms with Crippen molar-refractivity contribution in [1.29, 1.82) is 0 Å². The zero-order valence-electron chi connectivity index (χ0n) is 16.3. The molecule has 0 aliphatic carbocycles. The van der Waals surface area contributed by atoms with Gasteiger partial charge in [0.15, 0.2) is 11.0 Å². The van der Waals surface area contributed by atoms with E-state index in [4.69, 9.17) is 0 Å². The van der Waals surface area contributed by atoms with Crippen molar-refractivity contribution < 1.29 is 0 Å². The SMILES string of the molecule is CCn1c(SCc2cccc(C)c2)nnc1-c1csc(C)c1-c1ccccc1. The summed E-state index contributed by atoms with van der Waals surface area (Å²) in [6.45, 7) is 7.31. The molecular formula is C23H23N3S2. The van der Waals surface area contributed by atoms with Crippen LogP contribution in [0, 0.1) is 13.8 Å². The Morgan fingerprint density at radius 2 is 1.82 bits per heavy atom. The van der Waals surface area contributed by atoms with Crippen molar-refractivity contribution in [3.63, 3.8) is 0 Å². The van der Waals surface area contributed by atoms with Gasteiger partial charge in [-0.3, -0.25) is 0 Å². The Balaban J connectivity index is 1.67. The highest BCUT2D eigenvalue weighted by Gasteiger charge is 2.19. The maximum absolute atomic E-state index is 4.59. The molecule has 0 saturated carbocycles. The van der Waals surface area contributed by atoms with E-state index in [2.05, 4.69) is 95.5 Å². The molecule has 0 saturated heterocycles. The summed E-state index contributed by atoms with van der Waals surface area (Å²) in [4.78, 5) is 1.31. The van der Waals surface area contributed by atoms with Crippen LogP contribution in [-0.4, -0.2) is 14.8 Å². The minimum Gasteiger partial charge on any atom is -0.302 e. The Kier molecular flexibility index (Phi) is 5.64. The van der Waals surface area contributed by atoms with Crippen molar-refractivity contribution >= 4 is 23.1 Å². The Hall–Kier alpha value is -2.37. The summed E-state index contributed by atoms with van der Waals surface area (Å²) in [5.74, 6) is 1.85. The van der Waals surface area contributed by atoms with Crippen molar-refractivity contribution in [2.45, 2.75) is 38.2 Å². The van der Waals surface area contributed by atoms with Crippen LogP contribution in [0.15, 0.2) is 65.1 Å². The molecule has 0 atom stereocenters. The largest absolute Gasteiger partial charge is 0.302 e. The quantitative estimate of drug-likeness (QED) is 0.338. The first-order valence-electron chi connectivity index (χ1n) is 9.42. The molecule has 28 heavy (non-hydrogen) atoms. The maximum atomic E-state index is 4.59. The molecule has 0 amide bonds. The summed E-state index contributed by atoms with van der Waals surface area (Å²) in [7, 11) is 0. The van der Waals surface area contributed by atoms with Crippen LogP contribution < -0.4 is 0 Å². The smallest absolute Gasteiger partial charge is 0.191 e. The molecule has 2 aromatic heterocycles. The summed E-state index contributed by atoms with van der Waals surface area (Å²) in [6, 6.07) is 19.2. The summed E-state index contributed by atoms with van der Waals surface area (Å²) in [6.07, 6.45) is 0.